The highest BCUT2D eigenvalue weighted by atomic mass is 16.5. The van der Waals surface area contributed by atoms with Crippen molar-refractivity contribution in [3.8, 4) is 12.1 Å². The lowest BCUT2D eigenvalue weighted by Gasteiger charge is -2.31. The molecule has 1 unspecified atom stereocenters. The van der Waals surface area contributed by atoms with E-state index in [9.17, 15) is 15.3 Å². The maximum atomic E-state index is 12.8. The molecule has 1 N–H and O–H groups in total. The summed E-state index contributed by atoms with van der Waals surface area (Å²) in [5, 5.41) is 23.6. The minimum absolute atomic E-state index is 0.281. The number of cyclic esters (lactones) is 1. The van der Waals surface area contributed by atoms with Gasteiger partial charge < -0.3 is 4.74 Å². The van der Waals surface area contributed by atoms with Gasteiger partial charge >= 0.3 is 5.97 Å². The Bertz CT molecular complexity index is 900. The van der Waals surface area contributed by atoms with Crippen LogP contribution < -0.4 is 5.32 Å². The van der Waals surface area contributed by atoms with E-state index in [0.717, 1.165) is 11.1 Å². The van der Waals surface area contributed by atoms with Gasteiger partial charge in [0.05, 0.1) is 24.8 Å². The SMILES string of the molecule is N#CC1(C#N)C(c2ccccc2)[C@]2(CCOC2=O)N[C@H]1c1ccccc1. The fraction of sp³-hybridized carbons (Fsp3) is 0.286. The van der Waals surface area contributed by atoms with Gasteiger partial charge in [0, 0.05) is 12.3 Å². The van der Waals surface area contributed by atoms with Crippen molar-refractivity contribution in [1.82, 2.24) is 5.32 Å². The second-order valence-corrected chi connectivity index (χ2v) is 6.78. The summed E-state index contributed by atoms with van der Waals surface area (Å²) in [6, 6.07) is 22.7. The third-order valence-electron chi connectivity index (χ3n) is 5.54. The summed E-state index contributed by atoms with van der Waals surface area (Å²) in [4.78, 5) is 12.8. The predicted molar refractivity (Wildman–Crippen MR) is 93.5 cm³/mol. The summed E-state index contributed by atoms with van der Waals surface area (Å²) < 4.78 is 5.29. The Morgan fingerprint density at radius 1 is 0.962 bits per heavy atom. The fourth-order valence-electron chi connectivity index (χ4n) is 4.41. The molecule has 3 atom stereocenters. The average Bonchev–Trinajstić information content (AvgIpc) is 3.21. The lowest BCUT2D eigenvalue weighted by Crippen LogP contribution is -2.49. The summed E-state index contributed by atoms with van der Waals surface area (Å²) in [6.07, 6.45) is 0.430. The van der Waals surface area contributed by atoms with Crippen molar-refractivity contribution >= 4 is 5.97 Å². The number of rotatable bonds is 2. The monoisotopic (exact) mass is 343 g/mol. The Hall–Kier alpha value is -3.15. The van der Waals surface area contributed by atoms with Gasteiger partial charge in [0.25, 0.3) is 0 Å². The highest BCUT2D eigenvalue weighted by Crippen LogP contribution is 2.58. The van der Waals surface area contributed by atoms with Gasteiger partial charge in [-0.15, -0.1) is 0 Å². The number of hydrogen-bond donors (Lipinski definition) is 1. The zero-order chi connectivity index (χ0) is 18.2. The number of hydrogen-bond acceptors (Lipinski definition) is 5. The van der Waals surface area contributed by atoms with Crippen LogP contribution in [0.5, 0.6) is 0 Å². The van der Waals surface area contributed by atoms with Gasteiger partial charge in [-0.25, -0.2) is 0 Å². The Kier molecular flexibility index (Phi) is 3.76. The van der Waals surface area contributed by atoms with Crippen molar-refractivity contribution in [2.75, 3.05) is 6.61 Å². The third-order valence-corrected chi connectivity index (χ3v) is 5.54. The molecule has 1 spiro atoms. The molecule has 2 saturated heterocycles. The van der Waals surface area contributed by atoms with Crippen LogP contribution in [-0.4, -0.2) is 18.1 Å². The minimum atomic E-state index is -1.42. The van der Waals surface area contributed by atoms with Gasteiger partial charge in [0.15, 0.2) is 5.41 Å². The zero-order valence-corrected chi connectivity index (χ0v) is 14.1. The van der Waals surface area contributed by atoms with Crippen molar-refractivity contribution in [2.45, 2.75) is 23.9 Å². The van der Waals surface area contributed by atoms with E-state index in [0.29, 0.717) is 6.42 Å². The first kappa shape index (κ1) is 16.3. The zero-order valence-electron chi connectivity index (χ0n) is 14.1. The number of nitrogens with zero attached hydrogens (tertiary/aromatic N) is 2. The van der Waals surface area contributed by atoms with Crippen LogP contribution >= 0.6 is 0 Å². The van der Waals surface area contributed by atoms with Crippen LogP contribution in [-0.2, 0) is 9.53 Å². The lowest BCUT2D eigenvalue weighted by molar-refractivity contribution is -0.143. The van der Waals surface area contributed by atoms with E-state index in [-0.39, 0.29) is 12.6 Å². The summed E-state index contributed by atoms with van der Waals surface area (Å²) in [6.45, 7) is 0.281. The number of nitriles is 2. The summed E-state index contributed by atoms with van der Waals surface area (Å²) in [5.41, 5.74) is -0.896. The molecular weight excluding hydrogens is 326 g/mol. The molecule has 128 valence electrons. The second kappa shape index (κ2) is 5.98. The van der Waals surface area contributed by atoms with Gasteiger partial charge in [-0.05, 0) is 11.1 Å². The number of nitrogens with one attached hydrogen (secondary N) is 1. The molecular formula is C21H17N3O2. The maximum absolute atomic E-state index is 12.8. The molecule has 26 heavy (non-hydrogen) atoms. The number of carbonyl (C=O) groups excluding carboxylic acids is 1. The van der Waals surface area contributed by atoms with Crippen molar-refractivity contribution in [3.05, 3.63) is 71.8 Å². The first-order valence-electron chi connectivity index (χ1n) is 8.55. The van der Waals surface area contributed by atoms with Gasteiger partial charge in [-0.1, -0.05) is 60.7 Å². The van der Waals surface area contributed by atoms with Crippen molar-refractivity contribution in [2.24, 2.45) is 5.41 Å². The highest BCUT2D eigenvalue weighted by molar-refractivity contribution is 5.86. The summed E-state index contributed by atoms with van der Waals surface area (Å²) >= 11 is 0. The minimum Gasteiger partial charge on any atom is -0.464 e. The van der Waals surface area contributed by atoms with E-state index < -0.39 is 22.9 Å². The van der Waals surface area contributed by atoms with Gasteiger partial charge in [0.1, 0.15) is 5.54 Å². The molecule has 0 aromatic heterocycles. The fourth-order valence-corrected chi connectivity index (χ4v) is 4.41. The van der Waals surface area contributed by atoms with Crippen molar-refractivity contribution in [3.63, 3.8) is 0 Å². The molecule has 2 heterocycles. The molecule has 2 aromatic rings. The summed E-state index contributed by atoms with van der Waals surface area (Å²) in [7, 11) is 0. The van der Waals surface area contributed by atoms with Crippen LogP contribution in [0.15, 0.2) is 60.7 Å². The van der Waals surface area contributed by atoms with Crippen LogP contribution in [0.1, 0.15) is 29.5 Å². The van der Waals surface area contributed by atoms with E-state index in [1.165, 1.54) is 0 Å². The Balaban J connectivity index is 1.97. The second-order valence-electron chi connectivity index (χ2n) is 6.78. The molecule has 0 amide bonds. The van der Waals surface area contributed by atoms with E-state index in [1.54, 1.807) is 0 Å². The number of esters is 1. The molecule has 5 nitrogen and oxygen atoms in total. The molecule has 0 bridgehead atoms. The number of carbonyl (C=O) groups is 1. The highest BCUT2D eigenvalue weighted by Gasteiger charge is 2.69. The Morgan fingerprint density at radius 3 is 2.04 bits per heavy atom. The van der Waals surface area contributed by atoms with E-state index in [1.807, 2.05) is 60.7 Å². The molecule has 2 aromatic carbocycles. The van der Waals surface area contributed by atoms with Crippen LogP contribution in [0.25, 0.3) is 0 Å². The van der Waals surface area contributed by atoms with E-state index in [4.69, 9.17) is 4.74 Å². The van der Waals surface area contributed by atoms with Crippen molar-refractivity contribution < 1.29 is 9.53 Å². The van der Waals surface area contributed by atoms with Crippen LogP contribution in [0.2, 0.25) is 0 Å². The van der Waals surface area contributed by atoms with Crippen LogP contribution in [0, 0.1) is 28.1 Å². The van der Waals surface area contributed by atoms with E-state index in [2.05, 4.69) is 17.5 Å². The summed E-state index contributed by atoms with van der Waals surface area (Å²) in [5.74, 6) is -1.01. The standard InChI is InChI=1S/C21H17N3O2/c22-13-20(14-23)17(15-7-3-1-4-8-15)21(11-12-26-19(21)25)24-18(20)16-9-5-2-6-10-16/h1-10,17-18,24H,11-12H2/t17?,18-,21-/m0/s1. The number of benzene rings is 2. The van der Waals surface area contributed by atoms with Gasteiger partial charge in [-0.2, -0.15) is 10.5 Å². The van der Waals surface area contributed by atoms with Crippen LogP contribution in [0.3, 0.4) is 0 Å². The molecule has 2 aliphatic heterocycles. The molecule has 5 heteroatoms. The van der Waals surface area contributed by atoms with Crippen LogP contribution in [0.4, 0.5) is 0 Å². The molecule has 4 rings (SSSR count). The molecule has 0 aliphatic carbocycles. The van der Waals surface area contributed by atoms with Crippen molar-refractivity contribution in [1.29, 1.82) is 10.5 Å². The maximum Gasteiger partial charge on any atom is 0.327 e. The Morgan fingerprint density at radius 2 is 1.54 bits per heavy atom. The average molecular weight is 343 g/mol. The first-order valence-corrected chi connectivity index (χ1v) is 8.55. The molecule has 0 saturated carbocycles. The quantitative estimate of drug-likeness (QED) is 0.848. The predicted octanol–water partition coefficient (Wildman–Crippen LogP) is 2.83. The third kappa shape index (κ3) is 2.08. The number of ether oxygens (including phenoxy) is 1. The molecule has 0 radical (unpaired) electrons. The lowest BCUT2D eigenvalue weighted by atomic mass is 9.64. The topological polar surface area (TPSA) is 85.9 Å². The van der Waals surface area contributed by atoms with E-state index >= 15 is 0 Å². The molecule has 2 aliphatic rings. The van der Waals surface area contributed by atoms with Gasteiger partial charge in [0.2, 0.25) is 0 Å². The first-order chi connectivity index (χ1) is 12.7. The van der Waals surface area contributed by atoms with Gasteiger partial charge in [-0.3, -0.25) is 10.1 Å². The largest absolute Gasteiger partial charge is 0.464 e. The molecule has 2 fully saturated rings. The normalized spacial score (nSPS) is 29.1. The Labute approximate surface area is 151 Å². The smallest absolute Gasteiger partial charge is 0.327 e.